The van der Waals surface area contributed by atoms with Gasteiger partial charge in [-0.25, -0.2) is 0 Å². The third-order valence-electron chi connectivity index (χ3n) is 4.07. The third-order valence-corrected chi connectivity index (χ3v) is 5.32. The van der Waals surface area contributed by atoms with Crippen LogP contribution in [0.3, 0.4) is 0 Å². The van der Waals surface area contributed by atoms with E-state index in [1.54, 1.807) is 6.33 Å². The minimum absolute atomic E-state index is 0.0665. The first-order valence-corrected chi connectivity index (χ1v) is 9.55. The Balaban J connectivity index is 1.74. The third kappa shape index (κ3) is 4.60. The predicted octanol–water partition coefficient (Wildman–Crippen LogP) is 3.58. The van der Waals surface area contributed by atoms with E-state index >= 15 is 0 Å². The van der Waals surface area contributed by atoms with Gasteiger partial charge in [-0.15, -0.1) is 10.2 Å². The minimum atomic E-state index is -0.291. The highest BCUT2D eigenvalue weighted by atomic mass is 32.2. The summed E-state index contributed by atoms with van der Waals surface area (Å²) in [6, 6.07) is 10.3. The van der Waals surface area contributed by atoms with Crippen LogP contribution in [-0.4, -0.2) is 26.7 Å². The van der Waals surface area contributed by atoms with Crippen molar-refractivity contribution in [2.24, 2.45) is 0 Å². The van der Waals surface area contributed by atoms with E-state index < -0.39 is 0 Å². The molecule has 1 N–H and O–H groups in total. The number of aromatic nitrogens is 3. The molecule has 24 heavy (non-hydrogen) atoms. The Morgan fingerprint density at radius 2 is 2.12 bits per heavy atom. The molecule has 1 aromatic heterocycles. The second-order valence-electron chi connectivity index (χ2n) is 6.21. The average Bonchev–Trinajstić information content (AvgIpc) is 3.30. The van der Waals surface area contributed by atoms with Crippen molar-refractivity contribution in [2.75, 3.05) is 0 Å². The van der Waals surface area contributed by atoms with E-state index in [2.05, 4.69) is 27.0 Å². The van der Waals surface area contributed by atoms with Crippen molar-refractivity contribution in [2.45, 2.75) is 62.0 Å². The smallest absolute Gasteiger partial charge is 0.238 e. The summed E-state index contributed by atoms with van der Waals surface area (Å²) >= 11 is 1.49. The molecule has 2 aromatic rings. The monoisotopic (exact) mass is 344 g/mol. The zero-order valence-electron chi connectivity index (χ0n) is 14.0. The van der Waals surface area contributed by atoms with Gasteiger partial charge in [0, 0.05) is 12.6 Å². The number of nitrogens with one attached hydrogen (secondary N) is 1. The topological polar surface area (TPSA) is 59.8 Å². The van der Waals surface area contributed by atoms with Crippen molar-refractivity contribution in [3.05, 3.63) is 42.2 Å². The summed E-state index contributed by atoms with van der Waals surface area (Å²) in [7, 11) is 0. The van der Waals surface area contributed by atoms with E-state index in [1.807, 2.05) is 30.3 Å². The summed E-state index contributed by atoms with van der Waals surface area (Å²) in [5, 5.41) is 11.9. The lowest BCUT2D eigenvalue weighted by Crippen LogP contribution is -2.29. The molecule has 3 rings (SSSR count). The van der Waals surface area contributed by atoms with E-state index in [9.17, 15) is 4.79 Å². The number of nitrogens with zero attached hydrogens (tertiary/aromatic N) is 3. The molecule has 0 saturated heterocycles. The van der Waals surface area contributed by atoms with Gasteiger partial charge in [-0.1, -0.05) is 61.9 Å². The Labute approximate surface area is 147 Å². The van der Waals surface area contributed by atoms with Crippen LogP contribution < -0.4 is 5.32 Å². The van der Waals surface area contributed by atoms with Crippen LogP contribution in [0.4, 0.5) is 0 Å². The van der Waals surface area contributed by atoms with Crippen molar-refractivity contribution in [3.63, 3.8) is 0 Å². The highest BCUT2D eigenvalue weighted by Crippen LogP contribution is 2.35. The molecule has 5 nitrogen and oxygen atoms in total. The van der Waals surface area contributed by atoms with Crippen LogP contribution in [0, 0.1) is 0 Å². The second-order valence-corrected chi connectivity index (χ2v) is 7.28. The van der Waals surface area contributed by atoms with Crippen molar-refractivity contribution in [1.29, 1.82) is 0 Å². The molecule has 1 atom stereocenters. The van der Waals surface area contributed by atoms with Gasteiger partial charge in [0.1, 0.15) is 11.6 Å². The molecule has 0 radical (unpaired) electrons. The van der Waals surface area contributed by atoms with Gasteiger partial charge in [0.05, 0.1) is 0 Å². The molecule has 1 saturated carbocycles. The Morgan fingerprint density at radius 3 is 2.83 bits per heavy atom. The van der Waals surface area contributed by atoms with Crippen LogP contribution in [0.15, 0.2) is 41.8 Å². The van der Waals surface area contributed by atoms with Crippen LogP contribution in [0.5, 0.6) is 0 Å². The zero-order chi connectivity index (χ0) is 16.8. The lowest BCUT2D eigenvalue weighted by atomic mass is 10.1. The van der Waals surface area contributed by atoms with Crippen molar-refractivity contribution in [3.8, 4) is 0 Å². The van der Waals surface area contributed by atoms with Gasteiger partial charge in [-0.05, 0) is 24.8 Å². The average molecular weight is 344 g/mol. The number of rotatable bonds is 9. The first-order chi connectivity index (χ1) is 11.8. The minimum Gasteiger partial charge on any atom is -0.352 e. The molecule has 0 unspecified atom stereocenters. The molecule has 1 aliphatic carbocycles. The van der Waals surface area contributed by atoms with E-state index in [-0.39, 0.29) is 11.2 Å². The SMILES string of the molecule is CCCCCn1cnnc1S[C@@H](C(=O)NC1CC1)c1ccccc1. The van der Waals surface area contributed by atoms with Gasteiger partial charge in [-0.2, -0.15) is 0 Å². The van der Waals surface area contributed by atoms with Crippen LogP contribution >= 0.6 is 11.8 Å². The summed E-state index contributed by atoms with van der Waals surface area (Å²) in [4.78, 5) is 12.7. The fourth-order valence-electron chi connectivity index (χ4n) is 2.53. The van der Waals surface area contributed by atoms with Gasteiger partial charge in [0.25, 0.3) is 0 Å². The molecule has 6 heteroatoms. The summed E-state index contributed by atoms with van der Waals surface area (Å²) in [6.07, 6.45) is 7.41. The Bertz CT molecular complexity index is 654. The van der Waals surface area contributed by atoms with Gasteiger partial charge < -0.3 is 9.88 Å². The molecule has 0 aliphatic heterocycles. The van der Waals surface area contributed by atoms with Gasteiger partial charge in [0.2, 0.25) is 5.91 Å². The first kappa shape index (κ1) is 17.0. The van der Waals surface area contributed by atoms with Gasteiger partial charge in [-0.3, -0.25) is 4.79 Å². The number of thioether (sulfide) groups is 1. The molecule has 0 spiro atoms. The van der Waals surface area contributed by atoms with E-state index in [1.165, 1.54) is 24.6 Å². The number of hydrogen-bond acceptors (Lipinski definition) is 4. The molecular formula is C18H24N4OS. The first-order valence-electron chi connectivity index (χ1n) is 8.67. The van der Waals surface area contributed by atoms with Gasteiger partial charge in [0.15, 0.2) is 5.16 Å². The lowest BCUT2D eigenvalue weighted by Gasteiger charge is -2.16. The maximum atomic E-state index is 12.7. The zero-order valence-corrected chi connectivity index (χ0v) is 14.8. The molecule has 1 heterocycles. The largest absolute Gasteiger partial charge is 0.352 e. The summed E-state index contributed by atoms with van der Waals surface area (Å²) < 4.78 is 2.06. The number of carbonyl (C=O) groups is 1. The van der Waals surface area contributed by atoms with Crippen LogP contribution in [-0.2, 0) is 11.3 Å². The Morgan fingerprint density at radius 1 is 1.33 bits per heavy atom. The van der Waals surface area contributed by atoms with Gasteiger partial charge >= 0.3 is 0 Å². The quantitative estimate of drug-likeness (QED) is 0.558. The molecule has 0 bridgehead atoms. The fourth-order valence-corrected chi connectivity index (χ4v) is 3.58. The second kappa shape index (κ2) is 8.33. The Hall–Kier alpha value is -1.82. The van der Waals surface area contributed by atoms with E-state index in [4.69, 9.17) is 0 Å². The highest BCUT2D eigenvalue weighted by molar-refractivity contribution is 8.00. The molecule has 128 valence electrons. The number of unbranched alkanes of at least 4 members (excludes halogenated alkanes) is 2. The number of benzene rings is 1. The molecule has 1 amide bonds. The summed E-state index contributed by atoms with van der Waals surface area (Å²) in [6.45, 7) is 3.09. The summed E-state index contributed by atoms with van der Waals surface area (Å²) in [5.74, 6) is 0.0665. The maximum Gasteiger partial charge on any atom is 0.238 e. The number of hydrogen-bond donors (Lipinski definition) is 1. The predicted molar refractivity (Wildman–Crippen MR) is 95.8 cm³/mol. The molecule has 1 aromatic carbocycles. The standard InChI is InChI=1S/C18H24N4OS/c1-2-3-7-12-22-13-19-21-18(22)24-16(14-8-5-4-6-9-14)17(23)20-15-10-11-15/h4-6,8-9,13,15-16H,2-3,7,10-12H2,1H3,(H,20,23)/t16-/m1/s1. The number of aryl methyl sites for hydroxylation is 1. The maximum absolute atomic E-state index is 12.7. The number of carbonyl (C=O) groups excluding carboxylic acids is 1. The van der Waals surface area contributed by atoms with Crippen LogP contribution in [0.1, 0.15) is 49.8 Å². The van der Waals surface area contributed by atoms with Crippen molar-refractivity contribution >= 4 is 17.7 Å². The molecule has 1 fully saturated rings. The fraction of sp³-hybridized carbons (Fsp3) is 0.500. The van der Waals surface area contributed by atoms with Crippen LogP contribution in [0.25, 0.3) is 0 Å². The van der Waals surface area contributed by atoms with E-state index in [0.29, 0.717) is 6.04 Å². The van der Waals surface area contributed by atoms with Crippen LogP contribution in [0.2, 0.25) is 0 Å². The highest BCUT2D eigenvalue weighted by Gasteiger charge is 2.30. The van der Waals surface area contributed by atoms with E-state index in [0.717, 1.165) is 36.5 Å². The van der Waals surface area contributed by atoms with Crippen molar-refractivity contribution in [1.82, 2.24) is 20.1 Å². The lowest BCUT2D eigenvalue weighted by molar-refractivity contribution is -0.120. The van der Waals surface area contributed by atoms with Crippen molar-refractivity contribution < 1.29 is 4.79 Å². The summed E-state index contributed by atoms with van der Waals surface area (Å²) in [5.41, 5.74) is 1.00. The number of amides is 1. The Kier molecular flexibility index (Phi) is 5.91. The molecule has 1 aliphatic rings. The normalized spacial score (nSPS) is 15.2. The molecular weight excluding hydrogens is 320 g/mol.